The Morgan fingerprint density at radius 2 is 2.08 bits per heavy atom. The Labute approximate surface area is 147 Å². The maximum absolute atomic E-state index is 11.7. The molecular formula is C15H23N5O4S. The number of carbonyl (C=O) groups is 1. The number of piperazine rings is 1. The van der Waals surface area contributed by atoms with Gasteiger partial charge in [0.2, 0.25) is 0 Å². The Morgan fingerprint density at radius 1 is 1.32 bits per heavy atom. The van der Waals surface area contributed by atoms with E-state index in [1.165, 1.54) is 6.33 Å². The molecule has 2 aliphatic heterocycles. The van der Waals surface area contributed by atoms with E-state index >= 15 is 0 Å². The minimum Gasteiger partial charge on any atom is -0.450 e. The van der Waals surface area contributed by atoms with Crippen LogP contribution in [0.4, 0.5) is 16.4 Å². The fourth-order valence-electron chi connectivity index (χ4n) is 3.05. The van der Waals surface area contributed by atoms with Gasteiger partial charge in [-0.1, -0.05) is 0 Å². The standard InChI is InChI=1S/C15H23N5O4S/c1-2-24-15(21)20-6-4-19(5-7-20)14-9-13(16-11-17-14)18-12-3-8-25(22,23)10-12/h9,11-12H,2-8,10H2,1H3,(H,16,17,18). The first-order chi connectivity index (χ1) is 12.0. The van der Waals surface area contributed by atoms with Gasteiger partial charge in [0.1, 0.15) is 18.0 Å². The molecule has 0 saturated carbocycles. The topological polar surface area (TPSA) is 105 Å². The zero-order valence-corrected chi connectivity index (χ0v) is 15.0. The lowest BCUT2D eigenvalue weighted by Gasteiger charge is -2.34. The van der Waals surface area contributed by atoms with Crippen molar-refractivity contribution in [2.24, 2.45) is 0 Å². The van der Waals surface area contributed by atoms with Crippen molar-refractivity contribution >= 4 is 27.6 Å². The molecule has 3 heterocycles. The Hall–Kier alpha value is -2.10. The minimum absolute atomic E-state index is 0.103. The van der Waals surface area contributed by atoms with Crippen molar-refractivity contribution < 1.29 is 17.9 Å². The molecule has 9 nitrogen and oxygen atoms in total. The Morgan fingerprint density at radius 3 is 2.72 bits per heavy atom. The average molecular weight is 369 g/mol. The molecule has 1 aromatic rings. The van der Waals surface area contributed by atoms with Gasteiger partial charge in [-0.05, 0) is 13.3 Å². The van der Waals surface area contributed by atoms with Crippen molar-refractivity contribution in [2.75, 3.05) is 54.5 Å². The van der Waals surface area contributed by atoms with Crippen LogP contribution >= 0.6 is 0 Å². The fourth-order valence-corrected chi connectivity index (χ4v) is 4.72. The Kier molecular flexibility index (Phi) is 5.26. The van der Waals surface area contributed by atoms with Crippen LogP contribution in [0, 0.1) is 0 Å². The number of hydrogen-bond donors (Lipinski definition) is 1. The number of nitrogens with one attached hydrogen (secondary N) is 1. The van der Waals surface area contributed by atoms with E-state index in [0.29, 0.717) is 45.0 Å². The molecular weight excluding hydrogens is 346 g/mol. The van der Waals surface area contributed by atoms with E-state index in [4.69, 9.17) is 4.74 Å². The van der Waals surface area contributed by atoms with Gasteiger partial charge in [0.15, 0.2) is 9.84 Å². The molecule has 10 heteroatoms. The molecule has 2 fully saturated rings. The molecule has 1 unspecified atom stereocenters. The summed E-state index contributed by atoms with van der Waals surface area (Å²) in [6, 6.07) is 1.72. The number of aromatic nitrogens is 2. The van der Waals surface area contributed by atoms with Crippen LogP contribution < -0.4 is 10.2 Å². The molecule has 25 heavy (non-hydrogen) atoms. The van der Waals surface area contributed by atoms with Gasteiger partial charge in [-0.3, -0.25) is 0 Å². The normalized spacial score (nSPS) is 22.7. The first-order valence-electron chi connectivity index (χ1n) is 8.42. The molecule has 1 amide bonds. The van der Waals surface area contributed by atoms with Crippen LogP contribution in [0.5, 0.6) is 0 Å². The van der Waals surface area contributed by atoms with Gasteiger partial charge >= 0.3 is 6.09 Å². The summed E-state index contributed by atoms with van der Waals surface area (Å²) in [6.07, 6.45) is 1.79. The van der Waals surface area contributed by atoms with Crippen molar-refractivity contribution in [2.45, 2.75) is 19.4 Å². The van der Waals surface area contributed by atoms with Gasteiger partial charge < -0.3 is 19.9 Å². The van der Waals surface area contributed by atoms with Crippen molar-refractivity contribution in [1.82, 2.24) is 14.9 Å². The minimum atomic E-state index is -2.93. The number of nitrogens with zero attached hydrogens (tertiary/aromatic N) is 4. The first-order valence-corrected chi connectivity index (χ1v) is 10.2. The number of sulfone groups is 1. The Bertz CT molecular complexity index is 718. The van der Waals surface area contributed by atoms with Gasteiger partial charge in [0.25, 0.3) is 0 Å². The second kappa shape index (κ2) is 7.42. The second-order valence-electron chi connectivity index (χ2n) is 6.18. The third kappa shape index (κ3) is 4.50. The van der Waals surface area contributed by atoms with Gasteiger partial charge in [0, 0.05) is 38.3 Å². The van der Waals surface area contributed by atoms with Gasteiger partial charge in [-0.2, -0.15) is 0 Å². The molecule has 1 atom stereocenters. The number of ether oxygens (including phenoxy) is 1. The molecule has 0 spiro atoms. The highest BCUT2D eigenvalue weighted by atomic mass is 32.2. The summed E-state index contributed by atoms with van der Waals surface area (Å²) in [4.78, 5) is 24.0. The van der Waals surface area contributed by atoms with E-state index in [1.807, 2.05) is 6.07 Å². The highest BCUT2D eigenvalue weighted by Crippen LogP contribution is 2.20. The van der Waals surface area contributed by atoms with Crippen LogP contribution in [0.1, 0.15) is 13.3 Å². The van der Waals surface area contributed by atoms with Crippen molar-refractivity contribution in [1.29, 1.82) is 0 Å². The molecule has 1 N–H and O–H groups in total. The van der Waals surface area contributed by atoms with Crippen LogP contribution in [-0.2, 0) is 14.6 Å². The van der Waals surface area contributed by atoms with Crippen LogP contribution in [0.15, 0.2) is 12.4 Å². The molecule has 0 aromatic carbocycles. The van der Waals surface area contributed by atoms with Crippen molar-refractivity contribution in [3.63, 3.8) is 0 Å². The quantitative estimate of drug-likeness (QED) is 0.811. The SMILES string of the molecule is CCOC(=O)N1CCN(c2cc(NC3CCS(=O)(=O)C3)ncn2)CC1. The summed E-state index contributed by atoms with van der Waals surface area (Å²) in [6.45, 7) is 4.63. The smallest absolute Gasteiger partial charge is 0.409 e. The van der Waals surface area contributed by atoms with Crippen LogP contribution in [-0.4, -0.2) is 79.7 Å². The lowest BCUT2D eigenvalue weighted by molar-refractivity contribution is 0.105. The summed E-state index contributed by atoms with van der Waals surface area (Å²) < 4.78 is 28.1. The molecule has 2 saturated heterocycles. The predicted molar refractivity (Wildman–Crippen MR) is 93.5 cm³/mol. The fraction of sp³-hybridized carbons (Fsp3) is 0.667. The van der Waals surface area contributed by atoms with Gasteiger partial charge in [-0.15, -0.1) is 0 Å². The Balaban J connectivity index is 1.58. The third-order valence-corrected chi connectivity index (χ3v) is 6.13. The molecule has 0 aliphatic carbocycles. The van der Waals surface area contributed by atoms with Crippen LogP contribution in [0.25, 0.3) is 0 Å². The highest BCUT2D eigenvalue weighted by Gasteiger charge is 2.28. The van der Waals surface area contributed by atoms with E-state index in [1.54, 1.807) is 11.8 Å². The molecule has 0 radical (unpaired) electrons. The summed E-state index contributed by atoms with van der Waals surface area (Å²) in [5.74, 6) is 1.75. The summed E-state index contributed by atoms with van der Waals surface area (Å²) >= 11 is 0. The summed E-state index contributed by atoms with van der Waals surface area (Å²) in [5.41, 5.74) is 0. The summed E-state index contributed by atoms with van der Waals surface area (Å²) in [7, 11) is -2.93. The van der Waals surface area contributed by atoms with Crippen molar-refractivity contribution in [3.8, 4) is 0 Å². The third-order valence-electron chi connectivity index (χ3n) is 4.37. The lowest BCUT2D eigenvalue weighted by atomic mass is 10.2. The number of hydrogen-bond acceptors (Lipinski definition) is 8. The molecule has 1 aromatic heterocycles. The first kappa shape index (κ1) is 17.7. The average Bonchev–Trinajstić information content (AvgIpc) is 2.94. The molecule has 3 rings (SSSR count). The summed E-state index contributed by atoms with van der Waals surface area (Å²) in [5, 5.41) is 3.18. The monoisotopic (exact) mass is 369 g/mol. The second-order valence-corrected chi connectivity index (χ2v) is 8.41. The number of rotatable bonds is 4. The van der Waals surface area contributed by atoms with E-state index in [9.17, 15) is 13.2 Å². The number of carbonyl (C=O) groups excluding carboxylic acids is 1. The van der Waals surface area contributed by atoms with E-state index in [-0.39, 0.29) is 23.6 Å². The van der Waals surface area contributed by atoms with Gasteiger partial charge in [0.05, 0.1) is 18.1 Å². The van der Waals surface area contributed by atoms with E-state index < -0.39 is 9.84 Å². The number of amides is 1. The van der Waals surface area contributed by atoms with E-state index in [2.05, 4.69) is 20.2 Å². The van der Waals surface area contributed by atoms with E-state index in [0.717, 1.165) is 5.82 Å². The highest BCUT2D eigenvalue weighted by molar-refractivity contribution is 7.91. The zero-order valence-electron chi connectivity index (χ0n) is 14.2. The number of anilines is 2. The van der Waals surface area contributed by atoms with Crippen LogP contribution in [0.2, 0.25) is 0 Å². The molecule has 0 bridgehead atoms. The largest absolute Gasteiger partial charge is 0.450 e. The predicted octanol–water partition coefficient (Wildman–Crippen LogP) is 0.354. The van der Waals surface area contributed by atoms with Crippen molar-refractivity contribution in [3.05, 3.63) is 12.4 Å². The maximum atomic E-state index is 11.7. The molecule has 138 valence electrons. The lowest BCUT2D eigenvalue weighted by Crippen LogP contribution is -2.49. The zero-order chi connectivity index (χ0) is 17.9. The van der Waals surface area contributed by atoms with Crippen LogP contribution in [0.3, 0.4) is 0 Å². The molecule has 2 aliphatic rings. The maximum Gasteiger partial charge on any atom is 0.409 e. The van der Waals surface area contributed by atoms with Gasteiger partial charge in [-0.25, -0.2) is 23.2 Å².